The standard InChI is InChI=1S/C21H20ClF2N3O/c1-11-6-12(2)9-27(8-11)21-13-7-14(22)17(19(24)20(13)25-10-26-21)18-15(23)4-3-5-16(18)28/h3-5,7,10-12,28H,6,8-9H2,1-2H3/t11-,12+. The van der Waals surface area contributed by atoms with E-state index in [4.69, 9.17) is 11.6 Å². The van der Waals surface area contributed by atoms with Crippen molar-refractivity contribution < 1.29 is 13.9 Å². The Hall–Kier alpha value is -2.47. The first-order valence-corrected chi connectivity index (χ1v) is 9.60. The molecule has 0 saturated carbocycles. The molecule has 0 spiro atoms. The Labute approximate surface area is 166 Å². The van der Waals surface area contributed by atoms with E-state index in [0.29, 0.717) is 23.0 Å². The Balaban J connectivity index is 1.92. The zero-order valence-corrected chi connectivity index (χ0v) is 16.3. The predicted molar refractivity (Wildman–Crippen MR) is 107 cm³/mol. The fraction of sp³-hybridized carbons (Fsp3) is 0.333. The summed E-state index contributed by atoms with van der Waals surface area (Å²) in [6.45, 7) is 5.98. The Morgan fingerprint density at radius 1 is 1.11 bits per heavy atom. The summed E-state index contributed by atoms with van der Waals surface area (Å²) in [6, 6.07) is 5.34. The van der Waals surface area contributed by atoms with Crippen molar-refractivity contribution in [1.82, 2.24) is 9.97 Å². The van der Waals surface area contributed by atoms with Crippen LogP contribution in [0.15, 0.2) is 30.6 Å². The van der Waals surface area contributed by atoms with Crippen molar-refractivity contribution >= 4 is 28.3 Å². The van der Waals surface area contributed by atoms with Gasteiger partial charge in [0.15, 0.2) is 5.82 Å². The summed E-state index contributed by atoms with van der Waals surface area (Å²) >= 11 is 6.36. The van der Waals surface area contributed by atoms with Crippen molar-refractivity contribution in [3.63, 3.8) is 0 Å². The number of phenols is 1. The first kappa shape index (κ1) is 18.9. The van der Waals surface area contributed by atoms with E-state index in [1.165, 1.54) is 18.5 Å². The van der Waals surface area contributed by atoms with Crippen LogP contribution in [0.3, 0.4) is 0 Å². The fourth-order valence-corrected chi connectivity index (χ4v) is 4.48. The molecule has 1 fully saturated rings. The monoisotopic (exact) mass is 403 g/mol. The molecule has 4 rings (SSSR count). The number of aromatic hydroxyl groups is 1. The van der Waals surface area contributed by atoms with Gasteiger partial charge >= 0.3 is 0 Å². The number of nitrogens with zero attached hydrogens (tertiary/aromatic N) is 3. The fourth-order valence-electron chi connectivity index (χ4n) is 4.19. The number of phenolic OH excluding ortho intramolecular Hbond substituents is 1. The zero-order chi connectivity index (χ0) is 20.0. The number of piperidine rings is 1. The van der Waals surface area contributed by atoms with Crippen LogP contribution in [0, 0.1) is 23.5 Å². The highest BCUT2D eigenvalue weighted by molar-refractivity contribution is 6.34. The number of rotatable bonds is 2. The highest BCUT2D eigenvalue weighted by Gasteiger charge is 2.27. The molecule has 1 N–H and O–H groups in total. The van der Waals surface area contributed by atoms with Crippen LogP contribution in [0.25, 0.3) is 22.0 Å². The third-order valence-corrected chi connectivity index (χ3v) is 5.51. The quantitative estimate of drug-likeness (QED) is 0.621. The average Bonchev–Trinajstić information content (AvgIpc) is 2.63. The smallest absolute Gasteiger partial charge is 0.159 e. The van der Waals surface area contributed by atoms with Crippen molar-refractivity contribution in [3.05, 3.63) is 47.2 Å². The van der Waals surface area contributed by atoms with E-state index in [2.05, 4.69) is 28.7 Å². The lowest BCUT2D eigenvalue weighted by Gasteiger charge is -2.36. The topological polar surface area (TPSA) is 49.2 Å². The van der Waals surface area contributed by atoms with Gasteiger partial charge in [-0.3, -0.25) is 0 Å². The van der Waals surface area contributed by atoms with E-state index in [-0.39, 0.29) is 27.4 Å². The van der Waals surface area contributed by atoms with Gasteiger partial charge in [-0.05, 0) is 36.5 Å². The number of anilines is 1. The molecular weight excluding hydrogens is 384 g/mol. The van der Waals surface area contributed by atoms with Gasteiger partial charge in [-0.25, -0.2) is 18.7 Å². The average molecular weight is 404 g/mol. The molecule has 2 heterocycles. The maximum absolute atomic E-state index is 15.4. The SMILES string of the molecule is C[C@@H]1C[C@H](C)CN(c2ncnc3c(F)c(-c4c(O)cccc4F)c(Cl)cc23)C1. The third-order valence-electron chi connectivity index (χ3n) is 5.21. The lowest BCUT2D eigenvalue weighted by molar-refractivity contribution is 0.356. The van der Waals surface area contributed by atoms with Gasteiger partial charge in [0.05, 0.1) is 10.6 Å². The molecule has 2 aromatic carbocycles. The maximum Gasteiger partial charge on any atom is 0.159 e. The number of hydrogen-bond acceptors (Lipinski definition) is 4. The Kier molecular flexibility index (Phi) is 4.83. The summed E-state index contributed by atoms with van der Waals surface area (Å²) in [5.41, 5.74) is -0.417. The van der Waals surface area contributed by atoms with Crippen LogP contribution in [0.1, 0.15) is 20.3 Å². The van der Waals surface area contributed by atoms with E-state index >= 15 is 4.39 Å². The number of fused-ring (bicyclic) bond motifs is 1. The van der Waals surface area contributed by atoms with E-state index in [0.717, 1.165) is 25.6 Å². The Bertz CT molecular complexity index is 1030. The van der Waals surface area contributed by atoms with Crippen LogP contribution in [0.2, 0.25) is 5.02 Å². The van der Waals surface area contributed by atoms with Crippen LogP contribution in [0.4, 0.5) is 14.6 Å². The van der Waals surface area contributed by atoms with Crippen molar-refractivity contribution in [2.45, 2.75) is 20.3 Å². The highest BCUT2D eigenvalue weighted by atomic mass is 35.5. The minimum absolute atomic E-state index is 0.000411. The van der Waals surface area contributed by atoms with Crippen molar-refractivity contribution in [1.29, 1.82) is 0 Å². The van der Waals surface area contributed by atoms with E-state index < -0.39 is 11.6 Å². The minimum atomic E-state index is -0.773. The number of hydrogen-bond donors (Lipinski definition) is 1. The first-order valence-electron chi connectivity index (χ1n) is 9.22. The van der Waals surface area contributed by atoms with Gasteiger partial charge < -0.3 is 10.0 Å². The van der Waals surface area contributed by atoms with Gasteiger partial charge in [0.2, 0.25) is 0 Å². The van der Waals surface area contributed by atoms with Crippen LogP contribution in [-0.4, -0.2) is 28.2 Å². The normalized spacial score (nSPS) is 20.0. The molecule has 28 heavy (non-hydrogen) atoms. The van der Waals surface area contributed by atoms with Crippen LogP contribution in [0.5, 0.6) is 5.75 Å². The second kappa shape index (κ2) is 7.17. The van der Waals surface area contributed by atoms with E-state index in [9.17, 15) is 9.50 Å². The molecule has 2 atom stereocenters. The third kappa shape index (κ3) is 3.15. The molecule has 1 aliphatic heterocycles. The molecule has 1 aromatic heterocycles. The van der Waals surface area contributed by atoms with Crippen LogP contribution >= 0.6 is 11.6 Å². The molecule has 0 unspecified atom stereocenters. The molecule has 7 heteroatoms. The molecule has 1 aliphatic rings. The Morgan fingerprint density at radius 3 is 2.50 bits per heavy atom. The molecule has 0 radical (unpaired) electrons. The van der Waals surface area contributed by atoms with Crippen LogP contribution in [-0.2, 0) is 0 Å². The van der Waals surface area contributed by atoms with Gasteiger partial charge in [0.1, 0.15) is 29.2 Å². The summed E-state index contributed by atoms with van der Waals surface area (Å²) < 4.78 is 29.7. The van der Waals surface area contributed by atoms with E-state index in [1.54, 1.807) is 6.07 Å². The second-order valence-electron chi connectivity index (χ2n) is 7.63. The lowest BCUT2D eigenvalue weighted by Crippen LogP contribution is -2.39. The molecule has 1 saturated heterocycles. The zero-order valence-electron chi connectivity index (χ0n) is 15.6. The molecular formula is C21H20ClF2N3O. The lowest BCUT2D eigenvalue weighted by atomic mass is 9.91. The minimum Gasteiger partial charge on any atom is -0.507 e. The van der Waals surface area contributed by atoms with Crippen molar-refractivity contribution in [3.8, 4) is 16.9 Å². The number of halogens is 3. The molecule has 3 aromatic rings. The molecule has 146 valence electrons. The summed E-state index contributed by atoms with van der Waals surface area (Å²) in [5, 5.41) is 10.6. The molecule has 0 bridgehead atoms. The summed E-state index contributed by atoms with van der Waals surface area (Å²) in [5.74, 6) is -0.313. The summed E-state index contributed by atoms with van der Waals surface area (Å²) in [7, 11) is 0. The molecule has 0 aliphatic carbocycles. The largest absolute Gasteiger partial charge is 0.507 e. The van der Waals surface area contributed by atoms with Gasteiger partial charge in [0.25, 0.3) is 0 Å². The second-order valence-corrected chi connectivity index (χ2v) is 8.03. The molecule has 4 nitrogen and oxygen atoms in total. The maximum atomic E-state index is 15.4. The Morgan fingerprint density at radius 2 is 1.82 bits per heavy atom. The van der Waals surface area contributed by atoms with Gasteiger partial charge in [-0.2, -0.15) is 0 Å². The summed E-state index contributed by atoms with van der Waals surface area (Å²) in [4.78, 5) is 10.6. The molecule has 0 amide bonds. The van der Waals surface area contributed by atoms with Crippen molar-refractivity contribution in [2.75, 3.05) is 18.0 Å². The van der Waals surface area contributed by atoms with Crippen LogP contribution < -0.4 is 4.90 Å². The van der Waals surface area contributed by atoms with Gasteiger partial charge in [0, 0.05) is 24.0 Å². The first-order chi connectivity index (χ1) is 13.4. The van der Waals surface area contributed by atoms with Gasteiger partial charge in [-0.15, -0.1) is 0 Å². The number of benzene rings is 2. The van der Waals surface area contributed by atoms with Gasteiger partial charge in [-0.1, -0.05) is 31.5 Å². The van der Waals surface area contributed by atoms with E-state index in [1.807, 2.05) is 0 Å². The predicted octanol–water partition coefficient (Wildman–Crippen LogP) is 5.42. The van der Waals surface area contributed by atoms with Crippen molar-refractivity contribution in [2.24, 2.45) is 11.8 Å². The number of aromatic nitrogens is 2. The highest BCUT2D eigenvalue weighted by Crippen LogP contribution is 2.42. The summed E-state index contributed by atoms with van der Waals surface area (Å²) in [6.07, 6.45) is 2.44.